The number of aliphatic hydroxyl groups excluding tert-OH is 1. The van der Waals surface area contributed by atoms with Crippen LogP contribution >= 0.6 is 0 Å². The van der Waals surface area contributed by atoms with E-state index in [1.54, 1.807) is 12.3 Å². The predicted molar refractivity (Wildman–Crippen MR) is 61.2 cm³/mol. The van der Waals surface area contributed by atoms with Gasteiger partial charge in [0.1, 0.15) is 0 Å². The molecule has 4 nitrogen and oxygen atoms in total. The molecular formula is C12H12N2O2. The Bertz CT molecular complexity index is 506. The van der Waals surface area contributed by atoms with Crippen LogP contribution in [0.3, 0.4) is 0 Å². The first-order valence-corrected chi connectivity index (χ1v) is 5.06. The van der Waals surface area contributed by atoms with Crippen molar-refractivity contribution in [3.05, 3.63) is 42.1 Å². The summed E-state index contributed by atoms with van der Waals surface area (Å²) < 4.78 is 0. The first-order chi connectivity index (χ1) is 7.83. The number of pyridine rings is 1. The van der Waals surface area contributed by atoms with Crippen LogP contribution in [0.25, 0.3) is 10.9 Å². The highest BCUT2D eigenvalue weighted by Crippen LogP contribution is 2.15. The van der Waals surface area contributed by atoms with Crippen LogP contribution in [0.2, 0.25) is 0 Å². The molecule has 2 rings (SSSR count). The van der Waals surface area contributed by atoms with E-state index < -0.39 is 0 Å². The van der Waals surface area contributed by atoms with E-state index in [1.807, 2.05) is 24.3 Å². The number of carbonyl (C=O) groups is 1. The van der Waals surface area contributed by atoms with Crippen LogP contribution in [0, 0.1) is 0 Å². The summed E-state index contributed by atoms with van der Waals surface area (Å²) in [6.07, 6.45) is 1.66. The Hall–Kier alpha value is -1.94. The van der Waals surface area contributed by atoms with Gasteiger partial charge >= 0.3 is 0 Å². The molecule has 4 heteroatoms. The van der Waals surface area contributed by atoms with Crippen LogP contribution in [-0.2, 0) is 0 Å². The van der Waals surface area contributed by atoms with Gasteiger partial charge in [-0.1, -0.05) is 18.2 Å². The van der Waals surface area contributed by atoms with Gasteiger partial charge < -0.3 is 10.4 Å². The average molecular weight is 216 g/mol. The van der Waals surface area contributed by atoms with Gasteiger partial charge in [-0.3, -0.25) is 9.78 Å². The molecule has 0 atom stereocenters. The molecule has 0 aliphatic carbocycles. The van der Waals surface area contributed by atoms with Crippen LogP contribution in [0.5, 0.6) is 0 Å². The summed E-state index contributed by atoms with van der Waals surface area (Å²) in [5.74, 6) is -0.210. The normalized spacial score (nSPS) is 10.3. The largest absolute Gasteiger partial charge is 0.395 e. The first-order valence-electron chi connectivity index (χ1n) is 5.06. The van der Waals surface area contributed by atoms with Gasteiger partial charge in [0.2, 0.25) is 0 Å². The van der Waals surface area contributed by atoms with Crippen LogP contribution < -0.4 is 5.32 Å². The maximum Gasteiger partial charge on any atom is 0.253 e. The molecule has 0 aliphatic rings. The van der Waals surface area contributed by atoms with Crippen molar-refractivity contribution in [3.8, 4) is 0 Å². The molecule has 1 aromatic heterocycles. The third-order valence-corrected chi connectivity index (χ3v) is 2.27. The average Bonchev–Trinajstić information content (AvgIpc) is 2.35. The van der Waals surface area contributed by atoms with E-state index in [2.05, 4.69) is 10.3 Å². The minimum Gasteiger partial charge on any atom is -0.395 e. The Morgan fingerprint density at radius 3 is 2.94 bits per heavy atom. The Morgan fingerprint density at radius 1 is 1.31 bits per heavy atom. The van der Waals surface area contributed by atoms with Crippen LogP contribution in [0.4, 0.5) is 0 Å². The van der Waals surface area contributed by atoms with Gasteiger partial charge in [0.15, 0.2) is 0 Å². The van der Waals surface area contributed by atoms with E-state index in [-0.39, 0.29) is 19.1 Å². The first kappa shape index (κ1) is 10.6. The number of nitrogens with one attached hydrogen (secondary N) is 1. The second-order valence-corrected chi connectivity index (χ2v) is 3.36. The summed E-state index contributed by atoms with van der Waals surface area (Å²) in [6, 6.07) is 9.19. The highest BCUT2D eigenvalue weighted by atomic mass is 16.3. The van der Waals surface area contributed by atoms with Gasteiger partial charge in [-0.2, -0.15) is 0 Å². The summed E-state index contributed by atoms with van der Waals surface area (Å²) >= 11 is 0. The monoisotopic (exact) mass is 216 g/mol. The smallest absolute Gasteiger partial charge is 0.253 e. The zero-order valence-corrected chi connectivity index (χ0v) is 8.68. The minimum absolute atomic E-state index is 0.0655. The van der Waals surface area contributed by atoms with Crippen LogP contribution in [0.1, 0.15) is 10.4 Å². The van der Waals surface area contributed by atoms with Gasteiger partial charge in [0, 0.05) is 18.1 Å². The molecule has 1 aromatic carbocycles. The molecule has 82 valence electrons. The van der Waals surface area contributed by atoms with E-state index in [1.165, 1.54) is 0 Å². The lowest BCUT2D eigenvalue weighted by Gasteiger charge is -2.05. The number of fused-ring (bicyclic) bond motifs is 1. The molecule has 16 heavy (non-hydrogen) atoms. The van der Waals surface area contributed by atoms with Crippen molar-refractivity contribution in [2.45, 2.75) is 0 Å². The molecule has 2 aromatic rings. The number of aromatic nitrogens is 1. The fraction of sp³-hybridized carbons (Fsp3) is 0.167. The number of hydrogen-bond acceptors (Lipinski definition) is 3. The van der Waals surface area contributed by atoms with Gasteiger partial charge in [0.05, 0.1) is 17.7 Å². The third-order valence-electron chi connectivity index (χ3n) is 2.27. The molecule has 0 fully saturated rings. The molecule has 1 heterocycles. The SMILES string of the molecule is O=C(NCCO)c1cccc2cccnc12. The van der Waals surface area contributed by atoms with E-state index in [0.29, 0.717) is 11.1 Å². The summed E-state index contributed by atoms with van der Waals surface area (Å²) in [4.78, 5) is 15.9. The topological polar surface area (TPSA) is 62.2 Å². The van der Waals surface area contributed by atoms with E-state index >= 15 is 0 Å². The van der Waals surface area contributed by atoms with Crippen molar-refractivity contribution in [3.63, 3.8) is 0 Å². The fourth-order valence-electron chi connectivity index (χ4n) is 1.55. The second-order valence-electron chi connectivity index (χ2n) is 3.36. The predicted octanol–water partition coefficient (Wildman–Crippen LogP) is 0.957. The Morgan fingerprint density at radius 2 is 2.12 bits per heavy atom. The fourth-order valence-corrected chi connectivity index (χ4v) is 1.55. The Kier molecular flexibility index (Phi) is 3.12. The number of carbonyl (C=O) groups excluding carboxylic acids is 1. The zero-order valence-electron chi connectivity index (χ0n) is 8.68. The molecule has 0 aliphatic heterocycles. The lowest BCUT2D eigenvalue weighted by molar-refractivity contribution is 0.0946. The number of amides is 1. The lowest BCUT2D eigenvalue weighted by atomic mass is 10.1. The van der Waals surface area contributed by atoms with Crippen molar-refractivity contribution < 1.29 is 9.90 Å². The number of rotatable bonds is 3. The molecule has 2 N–H and O–H groups in total. The maximum absolute atomic E-state index is 11.8. The van der Waals surface area contributed by atoms with Crippen molar-refractivity contribution in [1.29, 1.82) is 0 Å². The molecular weight excluding hydrogens is 204 g/mol. The Balaban J connectivity index is 2.40. The molecule has 1 amide bonds. The molecule has 0 saturated carbocycles. The minimum atomic E-state index is -0.210. The number of benzene rings is 1. The van der Waals surface area contributed by atoms with E-state index in [9.17, 15) is 4.79 Å². The van der Waals surface area contributed by atoms with E-state index in [0.717, 1.165) is 5.39 Å². The highest BCUT2D eigenvalue weighted by molar-refractivity contribution is 6.05. The third kappa shape index (κ3) is 2.01. The van der Waals surface area contributed by atoms with Crippen molar-refractivity contribution >= 4 is 16.8 Å². The highest BCUT2D eigenvalue weighted by Gasteiger charge is 2.09. The molecule has 0 saturated heterocycles. The lowest BCUT2D eigenvalue weighted by Crippen LogP contribution is -2.26. The van der Waals surface area contributed by atoms with Gasteiger partial charge in [-0.05, 0) is 12.1 Å². The molecule has 0 spiro atoms. The summed E-state index contributed by atoms with van der Waals surface area (Å²) in [7, 11) is 0. The van der Waals surface area contributed by atoms with E-state index in [4.69, 9.17) is 5.11 Å². The molecule has 0 radical (unpaired) electrons. The van der Waals surface area contributed by atoms with Gasteiger partial charge in [-0.25, -0.2) is 0 Å². The summed E-state index contributed by atoms with van der Waals surface area (Å²) in [5.41, 5.74) is 1.21. The molecule has 0 unspecified atom stereocenters. The Labute approximate surface area is 92.9 Å². The summed E-state index contributed by atoms with van der Waals surface area (Å²) in [6.45, 7) is 0.186. The van der Waals surface area contributed by atoms with Crippen molar-refractivity contribution in [1.82, 2.24) is 10.3 Å². The van der Waals surface area contributed by atoms with Crippen molar-refractivity contribution in [2.24, 2.45) is 0 Å². The van der Waals surface area contributed by atoms with Gasteiger partial charge in [-0.15, -0.1) is 0 Å². The zero-order chi connectivity index (χ0) is 11.4. The number of para-hydroxylation sites is 1. The second kappa shape index (κ2) is 4.72. The standard InChI is InChI=1S/C12H12N2O2/c15-8-7-14-12(16)10-5-1-3-9-4-2-6-13-11(9)10/h1-6,15H,7-8H2,(H,14,16). The number of hydrogen-bond donors (Lipinski definition) is 2. The molecule has 0 bridgehead atoms. The van der Waals surface area contributed by atoms with Crippen LogP contribution in [-0.4, -0.2) is 29.1 Å². The summed E-state index contributed by atoms with van der Waals surface area (Å²) in [5, 5.41) is 12.2. The number of nitrogens with zero attached hydrogens (tertiary/aromatic N) is 1. The maximum atomic E-state index is 11.8. The van der Waals surface area contributed by atoms with Crippen LogP contribution in [0.15, 0.2) is 36.5 Å². The van der Waals surface area contributed by atoms with Gasteiger partial charge in [0.25, 0.3) is 5.91 Å². The quantitative estimate of drug-likeness (QED) is 0.803. The number of aliphatic hydroxyl groups is 1. The van der Waals surface area contributed by atoms with Crippen molar-refractivity contribution in [2.75, 3.05) is 13.2 Å².